The topological polar surface area (TPSA) is 43.8 Å². The molecule has 1 aromatic heterocycles. The van der Waals surface area contributed by atoms with Crippen molar-refractivity contribution in [1.29, 1.82) is 0 Å². The molecule has 0 aliphatic carbocycles. The van der Waals surface area contributed by atoms with E-state index in [1.54, 1.807) is 11.3 Å². The molecule has 1 aliphatic heterocycles. The molecule has 3 rings (SSSR count). The zero-order valence-corrected chi connectivity index (χ0v) is 17.2. The fourth-order valence-electron chi connectivity index (χ4n) is 3.27. The first-order chi connectivity index (χ1) is 12.6. The first-order valence-electron chi connectivity index (χ1n) is 8.96. The summed E-state index contributed by atoms with van der Waals surface area (Å²) in [5, 5.41) is 5.43. The van der Waals surface area contributed by atoms with Crippen LogP contribution in [-0.2, 0) is 6.42 Å². The lowest BCUT2D eigenvalue weighted by Crippen LogP contribution is -2.52. The minimum absolute atomic E-state index is 0.788. The predicted molar refractivity (Wildman–Crippen MR) is 112 cm³/mol. The molecule has 1 fully saturated rings. The number of anilines is 1. The second kappa shape index (κ2) is 8.73. The van der Waals surface area contributed by atoms with E-state index in [1.165, 1.54) is 10.6 Å². The van der Waals surface area contributed by atoms with Crippen LogP contribution in [0.3, 0.4) is 0 Å². The van der Waals surface area contributed by atoms with Gasteiger partial charge in [0.15, 0.2) is 5.96 Å². The van der Waals surface area contributed by atoms with Gasteiger partial charge in [-0.1, -0.05) is 17.7 Å². The van der Waals surface area contributed by atoms with Gasteiger partial charge < -0.3 is 15.1 Å². The second-order valence-corrected chi connectivity index (χ2v) is 8.14. The molecule has 2 aromatic rings. The maximum Gasteiger partial charge on any atom is 0.193 e. The molecule has 26 heavy (non-hydrogen) atoms. The van der Waals surface area contributed by atoms with Crippen molar-refractivity contribution in [2.24, 2.45) is 4.99 Å². The van der Waals surface area contributed by atoms with Crippen LogP contribution in [-0.4, -0.2) is 55.6 Å². The van der Waals surface area contributed by atoms with Crippen molar-refractivity contribution in [1.82, 2.24) is 15.2 Å². The monoisotopic (exact) mass is 391 g/mol. The summed E-state index contributed by atoms with van der Waals surface area (Å²) in [6.07, 6.45) is 0.985. The Hall–Kier alpha value is -1.79. The van der Waals surface area contributed by atoms with Crippen LogP contribution in [0.15, 0.2) is 29.3 Å². The van der Waals surface area contributed by atoms with Gasteiger partial charge in [0.2, 0.25) is 0 Å². The zero-order valence-electron chi connectivity index (χ0n) is 15.6. The highest BCUT2D eigenvalue weighted by Crippen LogP contribution is 2.21. The van der Waals surface area contributed by atoms with Crippen molar-refractivity contribution >= 4 is 34.6 Å². The van der Waals surface area contributed by atoms with Crippen LogP contribution in [0, 0.1) is 13.8 Å². The van der Waals surface area contributed by atoms with Crippen molar-refractivity contribution < 1.29 is 0 Å². The Kier molecular flexibility index (Phi) is 6.38. The Balaban J connectivity index is 1.50. The number of aromatic nitrogens is 1. The number of nitrogens with zero attached hydrogens (tertiary/aromatic N) is 4. The van der Waals surface area contributed by atoms with Crippen molar-refractivity contribution in [2.75, 3.05) is 44.7 Å². The van der Waals surface area contributed by atoms with Gasteiger partial charge in [0.25, 0.3) is 0 Å². The van der Waals surface area contributed by atoms with E-state index in [2.05, 4.69) is 45.0 Å². The predicted octanol–water partition coefficient (Wildman–Crippen LogP) is 3.35. The van der Waals surface area contributed by atoms with E-state index in [0.29, 0.717) is 0 Å². The van der Waals surface area contributed by atoms with Crippen LogP contribution in [0.4, 0.5) is 5.69 Å². The third-order valence-electron chi connectivity index (χ3n) is 4.60. The SMILES string of the molecule is CN=C(NCCc1sc(C)nc1C)N1CCN(c2cccc(Cl)c2)CC1. The highest BCUT2D eigenvalue weighted by Gasteiger charge is 2.20. The smallest absolute Gasteiger partial charge is 0.193 e. The summed E-state index contributed by atoms with van der Waals surface area (Å²) in [6, 6.07) is 8.07. The fourth-order valence-corrected chi connectivity index (χ4v) is 4.40. The highest BCUT2D eigenvalue weighted by molar-refractivity contribution is 7.11. The maximum atomic E-state index is 6.12. The van der Waals surface area contributed by atoms with Crippen molar-refractivity contribution in [2.45, 2.75) is 20.3 Å². The number of rotatable bonds is 4. The summed E-state index contributed by atoms with van der Waals surface area (Å²) < 4.78 is 0. The molecule has 0 spiro atoms. The molecule has 1 saturated heterocycles. The molecule has 0 saturated carbocycles. The number of guanidine groups is 1. The summed E-state index contributed by atoms with van der Waals surface area (Å²) in [4.78, 5) is 15.0. The minimum atomic E-state index is 0.788. The Morgan fingerprint density at radius 1 is 1.27 bits per heavy atom. The average Bonchev–Trinajstić information content (AvgIpc) is 2.96. The third kappa shape index (κ3) is 4.68. The number of aliphatic imine (C=N–C) groups is 1. The molecular formula is C19H26ClN5S. The molecule has 1 aromatic carbocycles. The number of benzene rings is 1. The van der Waals surface area contributed by atoms with Gasteiger partial charge in [-0.3, -0.25) is 4.99 Å². The normalized spacial score (nSPS) is 15.5. The number of hydrogen-bond acceptors (Lipinski definition) is 4. The summed E-state index contributed by atoms with van der Waals surface area (Å²) in [7, 11) is 1.85. The fraction of sp³-hybridized carbons (Fsp3) is 0.474. The second-order valence-electron chi connectivity index (χ2n) is 6.42. The number of hydrogen-bond donors (Lipinski definition) is 1. The van der Waals surface area contributed by atoms with E-state index in [4.69, 9.17) is 11.6 Å². The van der Waals surface area contributed by atoms with Gasteiger partial charge in [-0.05, 0) is 32.0 Å². The van der Waals surface area contributed by atoms with Gasteiger partial charge in [0.05, 0.1) is 10.7 Å². The first kappa shape index (κ1) is 19.0. The van der Waals surface area contributed by atoms with Crippen LogP contribution < -0.4 is 10.2 Å². The van der Waals surface area contributed by atoms with Crippen LogP contribution in [0.2, 0.25) is 5.02 Å². The molecule has 2 heterocycles. The molecule has 0 bridgehead atoms. The molecule has 1 aliphatic rings. The number of aryl methyl sites for hydroxylation is 2. The van der Waals surface area contributed by atoms with Crippen LogP contribution in [0.25, 0.3) is 0 Å². The van der Waals surface area contributed by atoms with Crippen LogP contribution >= 0.6 is 22.9 Å². The summed E-state index contributed by atoms with van der Waals surface area (Å²) in [5.41, 5.74) is 2.34. The van der Waals surface area contributed by atoms with Gasteiger partial charge in [0.1, 0.15) is 0 Å². The molecule has 0 unspecified atom stereocenters. The zero-order chi connectivity index (χ0) is 18.5. The number of thiazole rings is 1. The summed E-state index contributed by atoms with van der Waals surface area (Å²) in [6.45, 7) is 8.86. The summed E-state index contributed by atoms with van der Waals surface area (Å²) in [5.74, 6) is 0.981. The van der Waals surface area contributed by atoms with E-state index in [0.717, 1.165) is 60.8 Å². The molecular weight excluding hydrogens is 366 g/mol. The Morgan fingerprint density at radius 2 is 2.04 bits per heavy atom. The van der Waals surface area contributed by atoms with Gasteiger partial charge in [-0.25, -0.2) is 4.98 Å². The van der Waals surface area contributed by atoms with E-state index in [1.807, 2.05) is 25.2 Å². The average molecular weight is 392 g/mol. The Morgan fingerprint density at radius 3 is 2.65 bits per heavy atom. The lowest BCUT2D eigenvalue weighted by molar-refractivity contribution is 0.373. The quantitative estimate of drug-likeness (QED) is 0.641. The molecule has 140 valence electrons. The van der Waals surface area contributed by atoms with E-state index < -0.39 is 0 Å². The van der Waals surface area contributed by atoms with Crippen LogP contribution in [0.5, 0.6) is 0 Å². The van der Waals surface area contributed by atoms with Gasteiger partial charge >= 0.3 is 0 Å². The van der Waals surface area contributed by atoms with E-state index >= 15 is 0 Å². The van der Waals surface area contributed by atoms with Crippen molar-refractivity contribution in [3.05, 3.63) is 44.9 Å². The van der Waals surface area contributed by atoms with Gasteiger partial charge in [-0.2, -0.15) is 0 Å². The number of piperazine rings is 1. The molecule has 0 atom stereocenters. The van der Waals surface area contributed by atoms with E-state index in [-0.39, 0.29) is 0 Å². The molecule has 0 amide bonds. The molecule has 7 heteroatoms. The Labute approximate surface area is 164 Å². The van der Waals surface area contributed by atoms with Crippen LogP contribution in [0.1, 0.15) is 15.6 Å². The Bertz CT molecular complexity index is 765. The summed E-state index contributed by atoms with van der Waals surface area (Å²) >= 11 is 7.90. The largest absolute Gasteiger partial charge is 0.368 e. The lowest BCUT2D eigenvalue weighted by Gasteiger charge is -2.37. The number of nitrogens with one attached hydrogen (secondary N) is 1. The number of halogens is 1. The minimum Gasteiger partial charge on any atom is -0.368 e. The third-order valence-corrected chi connectivity index (χ3v) is 5.97. The van der Waals surface area contributed by atoms with E-state index in [9.17, 15) is 0 Å². The van der Waals surface area contributed by atoms with Gasteiger partial charge in [-0.15, -0.1) is 11.3 Å². The lowest BCUT2D eigenvalue weighted by atomic mass is 10.2. The highest BCUT2D eigenvalue weighted by atomic mass is 35.5. The first-order valence-corrected chi connectivity index (χ1v) is 10.2. The standard InChI is InChI=1S/C19H26ClN5S/c1-14-18(26-15(2)23-14)7-8-22-19(21-3)25-11-9-24(10-12-25)17-6-4-5-16(20)13-17/h4-6,13H,7-12H2,1-3H3,(H,21,22). The van der Waals surface area contributed by atoms with Crippen molar-refractivity contribution in [3.63, 3.8) is 0 Å². The molecule has 5 nitrogen and oxygen atoms in total. The molecule has 1 N–H and O–H groups in total. The molecule has 0 radical (unpaired) electrons. The van der Waals surface area contributed by atoms with Crippen molar-refractivity contribution in [3.8, 4) is 0 Å². The van der Waals surface area contributed by atoms with Gasteiger partial charge in [0, 0.05) is 61.8 Å². The maximum absolute atomic E-state index is 6.12.